The molecule has 3 aliphatic rings. The molecule has 0 aliphatic carbocycles. The van der Waals surface area contributed by atoms with E-state index in [1.807, 2.05) is 41.5 Å². The van der Waals surface area contributed by atoms with Crippen molar-refractivity contribution in [2.45, 2.75) is 86.8 Å². The van der Waals surface area contributed by atoms with Gasteiger partial charge in [-0.05, 0) is 70.7 Å². The molecule has 0 radical (unpaired) electrons. The minimum absolute atomic E-state index is 0.0183. The van der Waals surface area contributed by atoms with Crippen molar-refractivity contribution in [2.24, 2.45) is 17.8 Å². The van der Waals surface area contributed by atoms with Crippen LogP contribution < -0.4 is 15.4 Å². The fourth-order valence-corrected chi connectivity index (χ4v) is 9.94. The van der Waals surface area contributed by atoms with Crippen molar-refractivity contribution >= 4 is 51.1 Å². The van der Waals surface area contributed by atoms with Crippen LogP contribution in [0, 0.1) is 17.8 Å². The Hall–Kier alpha value is -1.78. The van der Waals surface area contributed by atoms with E-state index in [1.165, 1.54) is 0 Å². The highest BCUT2D eigenvalue weighted by Gasteiger charge is 2.76. The van der Waals surface area contributed by atoms with Crippen LogP contribution in [-0.2, 0) is 14.4 Å². The zero-order valence-corrected chi connectivity index (χ0v) is 25.4. The summed E-state index contributed by atoms with van der Waals surface area (Å²) in [6.45, 7) is 12.0. The van der Waals surface area contributed by atoms with Gasteiger partial charge in [0.15, 0.2) is 0 Å². The molecule has 0 saturated carbocycles. The standard InChI is InChI=1S/C28H40BrN3O5S/c1-7-37-18-10-8-16(9-11-18)30-24(34)20-21-26(36)32(17(14-33)12-15(2)3)23(25(35)31-27(4,5)6)28(21)13-19(29)22(20)38-28/h8-11,15,17,19-23,33H,7,12-14H2,1-6H3,(H,30,34)(H,31,35)/t17-,19?,20+,21+,22+,23?,28?/m1/s1. The molecule has 0 aromatic heterocycles. The Kier molecular flexibility index (Phi) is 8.46. The number of nitrogens with one attached hydrogen (secondary N) is 2. The van der Waals surface area contributed by atoms with Gasteiger partial charge in [-0.3, -0.25) is 14.4 Å². The van der Waals surface area contributed by atoms with E-state index >= 15 is 0 Å². The van der Waals surface area contributed by atoms with Crippen LogP contribution in [0.5, 0.6) is 5.75 Å². The van der Waals surface area contributed by atoms with E-state index in [1.54, 1.807) is 40.9 Å². The predicted molar refractivity (Wildman–Crippen MR) is 154 cm³/mol. The molecular formula is C28H40BrN3O5S. The molecule has 3 heterocycles. The summed E-state index contributed by atoms with van der Waals surface area (Å²) in [6.07, 6.45) is 1.17. The largest absolute Gasteiger partial charge is 0.494 e. The maximum atomic E-state index is 14.2. The third-order valence-corrected chi connectivity index (χ3v) is 10.8. The summed E-state index contributed by atoms with van der Waals surface area (Å²) >= 11 is 5.39. The lowest BCUT2D eigenvalue weighted by atomic mass is 9.70. The Morgan fingerprint density at radius 3 is 2.45 bits per heavy atom. The number of carbonyl (C=O) groups is 3. The molecule has 8 nitrogen and oxygen atoms in total. The number of hydrogen-bond acceptors (Lipinski definition) is 6. The number of fused-ring (bicyclic) bond motifs is 1. The molecule has 4 rings (SSSR count). The Balaban J connectivity index is 1.70. The average molecular weight is 611 g/mol. The zero-order chi connectivity index (χ0) is 28.0. The summed E-state index contributed by atoms with van der Waals surface area (Å²) in [5.41, 5.74) is 0.135. The molecule has 1 spiro atoms. The van der Waals surface area contributed by atoms with Crippen molar-refractivity contribution in [3.8, 4) is 5.75 Å². The van der Waals surface area contributed by atoms with Gasteiger partial charge in [0.05, 0.1) is 35.8 Å². The normalized spacial score (nSPS) is 30.9. The maximum absolute atomic E-state index is 14.2. The molecule has 3 N–H and O–H groups in total. The monoisotopic (exact) mass is 609 g/mol. The Labute approximate surface area is 238 Å². The van der Waals surface area contributed by atoms with E-state index < -0.39 is 34.2 Å². The van der Waals surface area contributed by atoms with Gasteiger partial charge in [-0.1, -0.05) is 29.8 Å². The molecule has 7 atom stereocenters. The minimum atomic E-state index is -0.770. The highest BCUT2D eigenvalue weighted by molar-refractivity contribution is 9.09. The smallest absolute Gasteiger partial charge is 0.244 e. The Morgan fingerprint density at radius 2 is 1.89 bits per heavy atom. The lowest BCUT2D eigenvalue weighted by Gasteiger charge is -2.39. The number of benzene rings is 1. The van der Waals surface area contributed by atoms with Crippen molar-refractivity contribution in [2.75, 3.05) is 18.5 Å². The second kappa shape index (κ2) is 11.0. The molecule has 38 heavy (non-hydrogen) atoms. The van der Waals surface area contributed by atoms with E-state index in [-0.39, 0.29) is 40.3 Å². The SMILES string of the molecule is CCOc1ccc(NC(=O)[C@H]2[C@H]3C(=O)N([C@@H](CO)CC(C)C)C(C(=O)NC(C)(C)C)C34CC(Br)[C@@H]2S4)cc1. The molecule has 3 amide bonds. The number of halogens is 1. The first kappa shape index (κ1) is 29.2. The van der Waals surface area contributed by atoms with Gasteiger partial charge in [-0.15, -0.1) is 11.8 Å². The summed E-state index contributed by atoms with van der Waals surface area (Å²) < 4.78 is 4.75. The van der Waals surface area contributed by atoms with Crippen molar-refractivity contribution in [1.29, 1.82) is 0 Å². The quantitative estimate of drug-likeness (QED) is 0.367. The third kappa shape index (κ3) is 5.32. The molecule has 3 unspecified atom stereocenters. The van der Waals surface area contributed by atoms with Crippen molar-refractivity contribution in [3.63, 3.8) is 0 Å². The van der Waals surface area contributed by atoms with Gasteiger partial charge in [0.25, 0.3) is 0 Å². The van der Waals surface area contributed by atoms with Crippen LogP contribution in [0.4, 0.5) is 5.69 Å². The second-order valence-corrected chi connectivity index (χ2v) is 14.8. The van der Waals surface area contributed by atoms with Crippen LogP contribution in [0.2, 0.25) is 0 Å². The number of thioether (sulfide) groups is 1. The number of nitrogens with zero attached hydrogens (tertiary/aromatic N) is 1. The molecule has 2 bridgehead atoms. The number of amides is 3. The van der Waals surface area contributed by atoms with Crippen LogP contribution in [0.3, 0.4) is 0 Å². The molecule has 10 heteroatoms. The summed E-state index contributed by atoms with van der Waals surface area (Å²) in [5, 5.41) is 16.3. The second-order valence-electron chi connectivity index (χ2n) is 12.1. The summed E-state index contributed by atoms with van der Waals surface area (Å²) in [5.74, 6) is -0.976. The number of likely N-dealkylation sites (tertiary alicyclic amines) is 1. The van der Waals surface area contributed by atoms with Gasteiger partial charge >= 0.3 is 0 Å². The number of hydrogen-bond donors (Lipinski definition) is 3. The summed E-state index contributed by atoms with van der Waals surface area (Å²) in [4.78, 5) is 43.5. The number of carbonyl (C=O) groups excluding carboxylic acids is 3. The van der Waals surface area contributed by atoms with Gasteiger partial charge in [-0.2, -0.15) is 0 Å². The van der Waals surface area contributed by atoms with Crippen LogP contribution in [0.15, 0.2) is 24.3 Å². The molecule has 3 aliphatic heterocycles. The van der Waals surface area contributed by atoms with E-state index in [2.05, 4.69) is 26.6 Å². The number of alkyl halides is 1. The highest BCUT2D eigenvalue weighted by atomic mass is 79.9. The number of rotatable bonds is 9. The molecule has 210 valence electrons. The minimum Gasteiger partial charge on any atom is -0.494 e. The molecule has 3 saturated heterocycles. The number of aliphatic hydroxyl groups is 1. The number of anilines is 1. The van der Waals surface area contributed by atoms with Gasteiger partial charge in [0.1, 0.15) is 11.8 Å². The van der Waals surface area contributed by atoms with Gasteiger partial charge < -0.3 is 25.4 Å². The molecule has 1 aromatic carbocycles. The first-order valence-corrected chi connectivity index (χ1v) is 15.2. The van der Waals surface area contributed by atoms with Crippen LogP contribution in [-0.4, -0.2) is 73.4 Å². The van der Waals surface area contributed by atoms with E-state index in [0.29, 0.717) is 25.1 Å². The summed E-state index contributed by atoms with van der Waals surface area (Å²) in [7, 11) is 0. The highest BCUT2D eigenvalue weighted by Crippen LogP contribution is 2.68. The van der Waals surface area contributed by atoms with Crippen molar-refractivity contribution < 1.29 is 24.2 Å². The Bertz CT molecular complexity index is 1060. The Morgan fingerprint density at radius 1 is 1.24 bits per heavy atom. The van der Waals surface area contributed by atoms with Gasteiger partial charge in [0.2, 0.25) is 17.7 Å². The van der Waals surface area contributed by atoms with Crippen LogP contribution in [0.1, 0.15) is 54.4 Å². The molecular weight excluding hydrogens is 570 g/mol. The molecule has 3 fully saturated rings. The van der Waals surface area contributed by atoms with Gasteiger partial charge in [-0.25, -0.2) is 0 Å². The first-order valence-electron chi connectivity index (χ1n) is 13.4. The zero-order valence-electron chi connectivity index (χ0n) is 23.0. The fourth-order valence-electron chi connectivity index (χ4n) is 6.34. The van der Waals surface area contributed by atoms with E-state index in [0.717, 1.165) is 5.75 Å². The van der Waals surface area contributed by atoms with Crippen molar-refractivity contribution in [3.05, 3.63) is 24.3 Å². The van der Waals surface area contributed by atoms with Gasteiger partial charge in [0, 0.05) is 21.3 Å². The maximum Gasteiger partial charge on any atom is 0.244 e. The average Bonchev–Trinajstić information content (AvgIpc) is 3.41. The lowest BCUT2D eigenvalue weighted by Crippen LogP contribution is -2.59. The van der Waals surface area contributed by atoms with Crippen LogP contribution >= 0.6 is 27.7 Å². The number of aliphatic hydroxyl groups excluding tert-OH is 1. The van der Waals surface area contributed by atoms with E-state index in [9.17, 15) is 19.5 Å². The topological polar surface area (TPSA) is 108 Å². The first-order chi connectivity index (χ1) is 17.8. The molecule has 1 aromatic rings. The third-order valence-electron chi connectivity index (χ3n) is 7.56. The van der Waals surface area contributed by atoms with Crippen molar-refractivity contribution in [1.82, 2.24) is 10.2 Å². The van der Waals surface area contributed by atoms with Crippen LogP contribution in [0.25, 0.3) is 0 Å². The fraction of sp³-hybridized carbons (Fsp3) is 0.679. The lowest BCUT2D eigenvalue weighted by molar-refractivity contribution is -0.142. The van der Waals surface area contributed by atoms with E-state index in [4.69, 9.17) is 4.74 Å². The number of ether oxygens (including phenoxy) is 1. The predicted octanol–water partition coefficient (Wildman–Crippen LogP) is 3.81. The summed E-state index contributed by atoms with van der Waals surface area (Å²) in [6, 6.07) is 5.91.